The van der Waals surface area contributed by atoms with Crippen LogP contribution in [0.4, 0.5) is 46.5 Å². The maximum Gasteiger partial charge on any atom is 0.270 e. The number of benzene rings is 4. The van der Waals surface area contributed by atoms with Crippen molar-refractivity contribution in [1.82, 2.24) is 114 Å². The molecule has 33 nitrogen and oxygen atoms in total. The molecule has 17 aromatic rings. The average molecular weight is 1750 g/mol. The molecular weight excluding hydrogens is 1650 g/mol. The van der Waals surface area contributed by atoms with Crippen LogP contribution in [0.25, 0.3) is 89.2 Å². The van der Waals surface area contributed by atoms with E-state index in [0.29, 0.717) is 85.5 Å². The van der Waals surface area contributed by atoms with Gasteiger partial charge in [0.25, 0.3) is 23.6 Å². The molecule has 19 rings (SSSR count). The zero-order chi connectivity index (χ0) is 90.4. The first kappa shape index (κ1) is 88.5. The van der Waals surface area contributed by atoms with Gasteiger partial charge in [0.15, 0.2) is 0 Å². The van der Waals surface area contributed by atoms with Crippen molar-refractivity contribution in [2.75, 3.05) is 129 Å². The summed E-state index contributed by atoms with van der Waals surface area (Å²) in [5.74, 6) is 1.84. The summed E-state index contributed by atoms with van der Waals surface area (Å²) in [6, 6.07) is 67.3. The second-order valence-corrected chi connectivity index (χ2v) is 31.3. The fraction of sp³-hybridized carbons (Fsp3) is 0.214. The van der Waals surface area contributed by atoms with Gasteiger partial charge in [0, 0.05) is 202 Å². The fourth-order valence-corrected chi connectivity index (χ4v) is 15.2. The molecule has 2 fully saturated rings. The number of H-pyrrole nitrogens is 4. The van der Waals surface area contributed by atoms with E-state index in [1.807, 2.05) is 222 Å². The highest BCUT2D eigenvalue weighted by Gasteiger charge is 2.28. The quantitative estimate of drug-likeness (QED) is 0.0250. The van der Waals surface area contributed by atoms with Gasteiger partial charge in [-0.25, -0.2) is 39.9 Å². The number of hydrogen-bond acceptors (Lipinski definition) is 25. The first-order chi connectivity index (χ1) is 64.1. The summed E-state index contributed by atoms with van der Waals surface area (Å²) in [6.45, 7) is 10.5. The molecule has 0 unspecified atom stereocenters. The minimum atomic E-state index is -0.0993. The highest BCUT2D eigenvalue weighted by atomic mass is 16.5. The number of aromatic amines is 4. The summed E-state index contributed by atoms with van der Waals surface area (Å²) in [4.78, 5) is 134. The van der Waals surface area contributed by atoms with Gasteiger partial charge in [-0.1, -0.05) is 37.3 Å². The predicted octanol–water partition coefficient (Wildman–Crippen LogP) is 15.4. The van der Waals surface area contributed by atoms with Crippen LogP contribution in [-0.2, 0) is 16.0 Å². The standard InChI is InChI=1S/C25H27N7O.C25H21N7O.C24H25N7O.C24H26N6O3/c1-31(2)19-9-13-32(14-10-19)24(33)23-16-17-15-18(6-7-20(17)29-23)28-25-27-12-8-22(30-25)21-5-3-4-11-26-21;1-32(16-19-6-2-4-11-26-19)24(33)23-15-17-14-18(8-9-20(17)30-23)29-25-28-13-10-22(31-25)21-7-3-5-12-27-21;1-2-30-11-13-31(14-12-30)23(32)22-16-17-15-18(6-7-19(17)28-22)27-24-26-10-8-21(29-24)20-5-3-4-9-25-20;1-32-13-11-30(12-14-33-2)23(31)22-16-17-15-18(6-7-19(17)28-22)27-24-26-10-8-21(29-24)20-5-3-4-9-25-20/h3-8,11-12,15-16,19,29H,9-10,13-14H2,1-2H3,(H,27,28,30);2-15,30H,16H2,1H3,(H,28,29,31);3-10,15-16,28H,2,11-14H2,1H3,(H,26,27,29);3-10,15-16,28H,11-14H2,1-2H3,(H,26,27,29). The Balaban J connectivity index is 0.000000128. The zero-order valence-electron chi connectivity index (χ0n) is 73.3. The molecule has 662 valence electrons. The molecule has 2 aliphatic heterocycles. The number of hydrogen-bond donors (Lipinski definition) is 8. The number of ether oxygens (including phenoxy) is 2. The van der Waals surface area contributed by atoms with Gasteiger partial charge in [-0.2, -0.15) is 0 Å². The first-order valence-electron chi connectivity index (χ1n) is 43.1. The number of nitrogens with zero attached hydrogens (tertiary/aromatic N) is 19. The van der Waals surface area contributed by atoms with Crippen molar-refractivity contribution in [1.29, 1.82) is 0 Å². The van der Waals surface area contributed by atoms with E-state index in [0.717, 1.165) is 176 Å². The lowest BCUT2D eigenvalue weighted by molar-refractivity contribution is 0.0621. The third-order valence-electron chi connectivity index (χ3n) is 22.2. The number of aromatic nitrogens is 17. The van der Waals surface area contributed by atoms with Crippen LogP contribution in [0, 0.1) is 0 Å². The van der Waals surface area contributed by atoms with E-state index in [9.17, 15) is 19.2 Å². The zero-order valence-corrected chi connectivity index (χ0v) is 73.3. The molecule has 4 aromatic carbocycles. The molecule has 0 radical (unpaired) electrons. The normalized spacial score (nSPS) is 12.8. The molecule has 15 heterocycles. The van der Waals surface area contributed by atoms with Gasteiger partial charge in [0.05, 0.1) is 71.0 Å². The van der Waals surface area contributed by atoms with Crippen LogP contribution in [0.2, 0.25) is 0 Å². The van der Waals surface area contributed by atoms with Crippen LogP contribution in [0.5, 0.6) is 0 Å². The highest BCUT2D eigenvalue weighted by Crippen LogP contribution is 2.31. The molecule has 33 heteroatoms. The second kappa shape index (κ2) is 42.6. The van der Waals surface area contributed by atoms with Crippen molar-refractivity contribution >= 4 is 114 Å². The molecule has 0 atom stereocenters. The van der Waals surface area contributed by atoms with E-state index in [2.05, 4.69) is 137 Å². The van der Waals surface area contributed by atoms with Crippen molar-refractivity contribution in [3.05, 3.63) is 297 Å². The van der Waals surface area contributed by atoms with Gasteiger partial charge >= 0.3 is 0 Å². The molecule has 0 saturated carbocycles. The molecule has 0 aliphatic carbocycles. The predicted molar refractivity (Wildman–Crippen MR) is 508 cm³/mol. The first-order valence-corrected chi connectivity index (χ1v) is 43.1. The number of rotatable bonds is 26. The number of amides is 4. The molecule has 2 aliphatic rings. The maximum atomic E-state index is 13.0. The van der Waals surface area contributed by atoms with Gasteiger partial charge in [-0.3, -0.25) is 44.1 Å². The van der Waals surface area contributed by atoms with E-state index in [4.69, 9.17) is 9.47 Å². The molecule has 2 saturated heterocycles. The van der Waals surface area contributed by atoms with Crippen molar-refractivity contribution in [3.8, 4) is 45.6 Å². The van der Waals surface area contributed by atoms with Crippen molar-refractivity contribution in [2.24, 2.45) is 0 Å². The van der Waals surface area contributed by atoms with Crippen LogP contribution >= 0.6 is 0 Å². The third-order valence-corrected chi connectivity index (χ3v) is 22.2. The summed E-state index contributed by atoms with van der Waals surface area (Å²) in [7, 11) is 9.20. The number of fused-ring (bicyclic) bond motifs is 4. The molecule has 131 heavy (non-hydrogen) atoms. The Bertz CT molecular complexity index is 6700. The molecule has 8 N–H and O–H groups in total. The van der Waals surface area contributed by atoms with E-state index in [-0.39, 0.29) is 23.6 Å². The smallest absolute Gasteiger partial charge is 0.270 e. The highest BCUT2D eigenvalue weighted by molar-refractivity contribution is 6.02. The Hall–Kier alpha value is -16.0. The van der Waals surface area contributed by atoms with Crippen LogP contribution < -0.4 is 21.3 Å². The van der Waals surface area contributed by atoms with Crippen LogP contribution in [0.1, 0.15) is 67.4 Å². The van der Waals surface area contributed by atoms with E-state index >= 15 is 0 Å². The Kier molecular flexibility index (Phi) is 28.7. The van der Waals surface area contributed by atoms with Gasteiger partial charge in [0.1, 0.15) is 22.8 Å². The van der Waals surface area contributed by atoms with Crippen molar-refractivity contribution in [2.45, 2.75) is 32.4 Å². The average Bonchev–Trinajstić information content (AvgIpc) is 1.67. The number of piperazine rings is 1. The maximum absolute atomic E-state index is 13.0. The number of nitrogens with one attached hydrogen (secondary N) is 8. The number of pyridine rings is 5. The lowest BCUT2D eigenvalue weighted by Crippen LogP contribution is -2.48. The number of likely N-dealkylation sites (tertiary alicyclic amines) is 1. The summed E-state index contributed by atoms with van der Waals surface area (Å²) in [5, 5.41) is 16.7. The monoisotopic (exact) mass is 1750 g/mol. The number of anilines is 8. The molecular formula is C98H99N27O6. The topological polar surface area (TPSA) is 385 Å². The lowest BCUT2D eigenvalue weighted by Gasteiger charge is -2.35. The Morgan fingerprint density at radius 2 is 0.702 bits per heavy atom. The summed E-state index contributed by atoms with van der Waals surface area (Å²) >= 11 is 0. The van der Waals surface area contributed by atoms with Gasteiger partial charge < -0.3 is 80.1 Å². The minimum Gasteiger partial charge on any atom is -0.383 e. The summed E-state index contributed by atoms with van der Waals surface area (Å²) < 4.78 is 10.3. The Labute approximate surface area is 755 Å². The van der Waals surface area contributed by atoms with Gasteiger partial charge in [-0.05, 0) is 215 Å². The number of methoxy groups -OCH3 is 2. The van der Waals surface area contributed by atoms with Crippen LogP contribution in [0.15, 0.2) is 268 Å². The molecule has 13 aromatic heterocycles. The van der Waals surface area contributed by atoms with E-state index in [1.165, 1.54) is 0 Å². The van der Waals surface area contributed by atoms with E-state index < -0.39 is 0 Å². The van der Waals surface area contributed by atoms with E-state index in [1.54, 1.807) is 86.8 Å². The Morgan fingerprint density at radius 3 is 1.03 bits per heavy atom. The summed E-state index contributed by atoms with van der Waals surface area (Å²) in [6.07, 6.45) is 17.5. The number of carbonyl (C=O) groups excluding carboxylic acids is 4. The van der Waals surface area contributed by atoms with Gasteiger partial charge in [-0.15, -0.1) is 0 Å². The Morgan fingerprint density at radius 1 is 0.366 bits per heavy atom. The minimum absolute atomic E-state index is 0.0536. The lowest BCUT2D eigenvalue weighted by atomic mass is 10.0. The van der Waals surface area contributed by atoms with Crippen molar-refractivity contribution < 1.29 is 28.7 Å². The van der Waals surface area contributed by atoms with Crippen LogP contribution in [-0.4, -0.2) is 251 Å². The van der Waals surface area contributed by atoms with Crippen molar-refractivity contribution in [3.63, 3.8) is 0 Å². The molecule has 4 amide bonds. The number of likely N-dealkylation sites (N-methyl/N-ethyl adjacent to an activating group) is 1. The second-order valence-electron chi connectivity index (χ2n) is 31.3. The fourth-order valence-electron chi connectivity index (χ4n) is 15.2. The van der Waals surface area contributed by atoms with Gasteiger partial charge in [0.2, 0.25) is 23.8 Å². The number of piperidine rings is 1. The largest absolute Gasteiger partial charge is 0.383 e. The molecule has 0 bridgehead atoms. The molecule has 0 spiro atoms. The third kappa shape index (κ3) is 22.9. The SMILES string of the molecule is CCN1CCN(C(=O)c2cc3cc(Nc4nccc(-c5ccccn5)n4)ccc3[nH]2)CC1.CN(C)C1CCN(C(=O)c2cc3cc(Nc4nccc(-c5ccccn5)n4)ccc3[nH]2)CC1.CN(Cc1ccccn1)C(=O)c1cc2cc(Nc3nccc(-c4ccccn4)n3)ccc2[nH]1.COCCN(CCOC)C(=O)c1cc2cc(Nc3nccc(-c4ccccn4)n3)ccc2[nH]1. The van der Waals surface area contributed by atoms with Crippen LogP contribution in [0.3, 0.4) is 0 Å². The summed E-state index contributed by atoms with van der Waals surface area (Å²) in [5.41, 5.74) is 16.2. The number of carbonyl (C=O) groups is 4.